The van der Waals surface area contributed by atoms with Crippen LogP contribution in [0.2, 0.25) is 0 Å². The van der Waals surface area contributed by atoms with Crippen molar-refractivity contribution in [2.24, 2.45) is 5.92 Å². The molecule has 1 aromatic rings. The Kier molecular flexibility index (Phi) is 3.28. The second-order valence-corrected chi connectivity index (χ2v) is 5.19. The minimum Gasteiger partial charge on any atom is -0.497 e. The van der Waals surface area contributed by atoms with Crippen molar-refractivity contribution in [1.82, 2.24) is 0 Å². The first kappa shape index (κ1) is 12.3. The van der Waals surface area contributed by atoms with Gasteiger partial charge in [-0.05, 0) is 31.4 Å². The summed E-state index contributed by atoms with van der Waals surface area (Å²) in [4.78, 5) is 12.2. The van der Waals surface area contributed by atoms with Gasteiger partial charge >= 0.3 is 0 Å². The lowest BCUT2D eigenvalue weighted by Gasteiger charge is -2.32. The van der Waals surface area contributed by atoms with Crippen LogP contribution in [0.4, 0.5) is 0 Å². The number of Topliss-reactive ketones (excluding diaryl/α,β-unsaturated/α-hetero) is 1. The van der Waals surface area contributed by atoms with Gasteiger partial charge < -0.3 is 9.47 Å². The van der Waals surface area contributed by atoms with E-state index in [0.29, 0.717) is 23.7 Å². The molecule has 19 heavy (non-hydrogen) atoms. The Labute approximate surface area is 113 Å². The van der Waals surface area contributed by atoms with Crippen molar-refractivity contribution in [3.63, 3.8) is 0 Å². The molecule has 1 aliphatic heterocycles. The zero-order chi connectivity index (χ0) is 13.2. The van der Waals surface area contributed by atoms with E-state index in [0.717, 1.165) is 25.0 Å². The van der Waals surface area contributed by atoms with E-state index in [9.17, 15) is 4.79 Å². The SMILES string of the molecule is COc1ccc2c(c1)OC(C1CC=CCC1)CC2=O. The highest BCUT2D eigenvalue weighted by Crippen LogP contribution is 2.36. The molecule has 0 saturated carbocycles. The molecule has 0 N–H and O–H groups in total. The zero-order valence-corrected chi connectivity index (χ0v) is 11.1. The maximum Gasteiger partial charge on any atom is 0.170 e. The van der Waals surface area contributed by atoms with Gasteiger partial charge in [0.2, 0.25) is 0 Å². The summed E-state index contributed by atoms with van der Waals surface area (Å²) in [5.41, 5.74) is 0.684. The molecule has 3 nitrogen and oxygen atoms in total. The molecule has 0 fully saturated rings. The van der Waals surface area contributed by atoms with E-state index in [2.05, 4.69) is 12.2 Å². The summed E-state index contributed by atoms with van der Waals surface area (Å²) in [6.45, 7) is 0. The minimum atomic E-state index is 0.0112. The third kappa shape index (κ3) is 2.37. The number of ketones is 1. The molecule has 2 unspecified atom stereocenters. The van der Waals surface area contributed by atoms with E-state index >= 15 is 0 Å². The molecule has 0 spiro atoms. The molecule has 0 aromatic heterocycles. The number of ether oxygens (including phenoxy) is 2. The van der Waals surface area contributed by atoms with Crippen molar-refractivity contribution in [3.05, 3.63) is 35.9 Å². The van der Waals surface area contributed by atoms with Crippen molar-refractivity contribution in [3.8, 4) is 11.5 Å². The summed E-state index contributed by atoms with van der Waals surface area (Å²) in [7, 11) is 1.62. The molecule has 1 aliphatic carbocycles. The highest BCUT2D eigenvalue weighted by Gasteiger charge is 2.32. The Morgan fingerprint density at radius 3 is 2.95 bits per heavy atom. The third-order valence-electron chi connectivity index (χ3n) is 3.99. The van der Waals surface area contributed by atoms with Crippen LogP contribution in [0.3, 0.4) is 0 Å². The zero-order valence-electron chi connectivity index (χ0n) is 11.1. The molecule has 0 amide bonds. The summed E-state index contributed by atoms with van der Waals surface area (Å²) >= 11 is 0. The van der Waals surface area contributed by atoms with Crippen molar-refractivity contribution in [2.75, 3.05) is 7.11 Å². The summed E-state index contributed by atoms with van der Waals surface area (Å²) in [6, 6.07) is 5.43. The molecule has 0 radical (unpaired) electrons. The second kappa shape index (κ2) is 5.08. The molecule has 1 aromatic carbocycles. The van der Waals surface area contributed by atoms with Gasteiger partial charge in [-0.1, -0.05) is 12.2 Å². The van der Waals surface area contributed by atoms with Gasteiger partial charge in [-0.15, -0.1) is 0 Å². The standard InChI is InChI=1S/C16H18O3/c1-18-12-7-8-13-14(17)10-15(19-16(13)9-12)11-5-3-2-4-6-11/h2-3,7-9,11,15H,4-6,10H2,1H3. The van der Waals surface area contributed by atoms with Gasteiger partial charge in [0, 0.05) is 18.4 Å². The number of fused-ring (bicyclic) bond motifs is 1. The Hall–Kier alpha value is -1.77. The van der Waals surface area contributed by atoms with Crippen LogP contribution in [0, 0.1) is 5.92 Å². The van der Waals surface area contributed by atoms with Gasteiger partial charge in [-0.2, -0.15) is 0 Å². The van der Waals surface area contributed by atoms with Crippen LogP contribution in [0.5, 0.6) is 11.5 Å². The van der Waals surface area contributed by atoms with Crippen LogP contribution in [-0.2, 0) is 0 Å². The number of hydrogen-bond acceptors (Lipinski definition) is 3. The Balaban J connectivity index is 1.85. The minimum absolute atomic E-state index is 0.0112. The fourth-order valence-corrected chi connectivity index (χ4v) is 2.87. The predicted molar refractivity (Wildman–Crippen MR) is 72.8 cm³/mol. The highest BCUT2D eigenvalue weighted by molar-refractivity contribution is 6.00. The number of carbonyl (C=O) groups is 1. The van der Waals surface area contributed by atoms with Crippen LogP contribution in [0.15, 0.2) is 30.4 Å². The predicted octanol–water partition coefficient (Wildman–Crippen LogP) is 3.39. The average molecular weight is 258 g/mol. The smallest absolute Gasteiger partial charge is 0.170 e. The summed E-state index contributed by atoms with van der Waals surface area (Å²) in [6.07, 6.45) is 8.12. The molecule has 2 aliphatic rings. The maximum atomic E-state index is 12.2. The molecule has 2 atom stereocenters. The van der Waals surface area contributed by atoms with Crippen LogP contribution < -0.4 is 9.47 Å². The van der Waals surface area contributed by atoms with Gasteiger partial charge in [-0.25, -0.2) is 0 Å². The normalized spacial score (nSPS) is 25.6. The molecular formula is C16H18O3. The highest BCUT2D eigenvalue weighted by atomic mass is 16.5. The Morgan fingerprint density at radius 2 is 2.21 bits per heavy atom. The second-order valence-electron chi connectivity index (χ2n) is 5.19. The fourth-order valence-electron chi connectivity index (χ4n) is 2.87. The topological polar surface area (TPSA) is 35.5 Å². The van der Waals surface area contributed by atoms with E-state index in [1.165, 1.54) is 0 Å². The monoisotopic (exact) mass is 258 g/mol. The number of allylic oxidation sites excluding steroid dienone is 2. The number of methoxy groups -OCH3 is 1. The Bertz CT molecular complexity index is 519. The third-order valence-corrected chi connectivity index (χ3v) is 3.99. The van der Waals surface area contributed by atoms with Crippen LogP contribution in [0.25, 0.3) is 0 Å². The molecule has 3 heteroatoms. The van der Waals surface area contributed by atoms with Gasteiger partial charge in [0.05, 0.1) is 12.7 Å². The van der Waals surface area contributed by atoms with Crippen molar-refractivity contribution >= 4 is 5.78 Å². The fraction of sp³-hybridized carbons (Fsp3) is 0.438. The van der Waals surface area contributed by atoms with Crippen LogP contribution >= 0.6 is 0 Å². The number of benzene rings is 1. The number of carbonyl (C=O) groups excluding carboxylic acids is 1. The van der Waals surface area contributed by atoms with Crippen molar-refractivity contribution < 1.29 is 14.3 Å². The average Bonchev–Trinajstić information content (AvgIpc) is 2.47. The Morgan fingerprint density at radius 1 is 1.32 bits per heavy atom. The van der Waals surface area contributed by atoms with E-state index in [-0.39, 0.29) is 11.9 Å². The first-order valence-corrected chi connectivity index (χ1v) is 6.81. The van der Waals surface area contributed by atoms with Crippen molar-refractivity contribution in [1.29, 1.82) is 0 Å². The molecule has 0 saturated heterocycles. The molecule has 100 valence electrons. The lowest BCUT2D eigenvalue weighted by atomic mass is 9.85. The van der Waals surface area contributed by atoms with Gasteiger partial charge in [0.15, 0.2) is 5.78 Å². The van der Waals surface area contributed by atoms with Crippen LogP contribution in [-0.4, -0.2) is 19.0 Å². The maximum absolute atomic E-state index is 12.2. The molecular weight excluding hydrogens is 240 g/mol. The van der Waals surface area contributed by atoms with Gasteiger partial charge in [0.25, 0.3) is 0 Å². The molecule has 3 rings (SSSR count). The van der Waals surface area contributed by atoms with E-state index in [1.54, 1.807) is 13.2 Å². The summed E-state index contributed by atoms with van der Waals surface area (Å²) in [5.74, 6) is 2.04. The van der Waals surface area contributed by atoms with E-state index in [4.69, 9.17) is 9.47 Å². The summed E-state index contributed by atoms with van der Waals surface area (Å²) in [5, 5.41) is 0. The van der Waals surface area contributed by atoms with Crippen LogP contribution in [0.1, 0.15) is 36.0 Å². The lowest BCUT2D eigenvalue weighted by Crippen LogP contribution is -2.34. The molecule has 1 heterocycles. The molecule has 0 bridgehead atoms. The lowest BCUT2D eigenvalue weighted by molar-refractivity contribution is 0.0712. The number of hydrogen-bond donors (Lipinski definition) is 0. The van der Waals surface area contributed by atoms with Gasteiger partial charge in [0.1, 0.15) is 17.6 Å². The quantitative estimate of drug-likeness (QED) is 0.763. The largest absolute Gasteiger partial charge is 0.497 e. The first-order chi connectivity index (χ1) is 9.28. The number of rotatable bonds is 2. The first-order valence-electron chi connectivity index (χ1n) is 6.81. The van der Waals surface area contributed by atoms with E-state index in [1.807, 2.05) is 12.1 Å². The van der Waals surface area contributed by atoms with Crippen molar-refractivity contribution in [2.45, 2.75) is 31.8 Å². The van der Waals surface area contributed by atoms with Gasteiger partial charge in [-0.3, -0.25) is 4.79 Å². The van der Waals surface area contributed by atoms with E-state index < -0.39 is 0 Å². The summed E-state index contributed by atoms with van der Waals surface area (Å²) < 4.78 is 11.2.